The quantitative estimate of drug-likeness (QED) is 0.888. The summed E-state index contributed by atoms with van der Waals surface area (Å²) < 4.78 is 10.6. The van der Waals surface area contributed by atoms with Crippen LogP contribution in [-0.2, 0) is 6.42 Å². The molecule has 108 valence electrons. The zero-order chi connectivity index (χ0) is 14.5. The van der Waals surface area contributed by atoms with Gasteiger partial charge in [0.15, 0.2) is 11.5 Å². The number of hydrogen-bond acceptors (Lipinski definition) is 5. The lowest BCUT2D eigenvalue weighted by molar-refractivity contribution is 0.354. The molecule has 0 bridgehead atoms. The van der Waals surface area contributed by atoms with Crippen LogP contribution in [0.2, 0.25) is 5.02 Å². The maximum absolute atomic E-state index is 6.25. The van der Waals surface area contributed by atoms with Gasteiger partial charge in [-0.3, -0.25) is 4.98 Å². The third kappa shape index (κ3) is 3.23. The van der Waals surface area contributed by atoms with E-state index < -0.39 is 0 Å². The minimum atomic E-state index is 0.146. The largest absolute Gasteiger partial charge is 0.493 e. The van der Waals surface area contributed by atoms with Crippen LogP contribution in [0.4, 0.5) is 0 Å². The van der Waals surface area contributed by atoms with Crippen molar-refractivity contribution in [3.63, 3.8) is 0 Å². The number of benzene rings is 1. The average Bonchev–Trinajstić information content (AvgIpc) is 2.96. The molecule has 0 spiro atoms. The summed E-state index contributed by atoms with van der Waals surface area (Å²) in [5.41, 5.74) is 2.90. The second kappa shape index (κ2) is 6.92. The molecule has 2 rings (SSSR count). The molecule has 1 aromatic carbocycles. The van der Waals surface area contributed by atoms with Crippen molar-refractivity contribution in [1.29, 1.82) is 0 Å². The van der Waals surface area contributed by atoms with E-state index in [0.717, 1.165) is 12.0 Å². The lowest BCUT2D eigenvalue weighted by Gasteiger charge is -2.18. The maximum atomic E-state index is 6.25. The van der Waals surface area contributed by atoms with Crippen LogP contribution in [0.15, 0.2) is 23.8 Å². The molecule has 0 fully saturated rings. The van der Waals surface area contributed by atoms with Gasteiger partial charge in [0.25, 0.3) is 0 Å². The van der Waals surface area contributed by atoms with Crippen LogP contribution in [0.5, 0.6) is 11.5 Å². The molecule has 0 aliphatic heterocycles. The van der Waals surface area contributed by atoms with Crippen molar-refractivity contribution in [3.8, 4) is 11.5 Å². The van der Waals surface area contributed by atoms with Crippen molar-refractivity contribution >= 4 is 22.9 Å². The highest BCUT2D eigenvalue weighted by Gasteiger charge is 2.17. The average molecular weight is 313 g/mol. The van der Waals surface area contributed by atoms with E-state index in [2.05, 4.69) is 10.3 Å². The Morgan fingerprint density at radius 1 is 1.35 bits per heavy atom. The van der Waals surface area contributed by atoms with Gasteiger partial charge in [0.05, 0.1) is 24.8 Å². The van der Waals surface area contributed by atoms with Crippen LogP contribution in [0.3, 0.4) is 0 Å². The molecule has 1 aromatic heterocycles. The number of rotatable bonds is 6. The minimum absolute atomic E-state index is 0.146. The molecular formula is C14H17ClN2O2S. The standard InChI is InChI=1S/C14H17ClN2O2S/c1-16-12(6-10-7-17-8-20-10)9-4-11(15)14(19-3)13(5-9)18-2/h4-5,7-8,12,16H,6H2,1-3H3. The fourth-order valence-corrected chi connectivity index (χ4v) is 3.01. The molecule has 0 saturated carbocycles. The fourth-order valence-electron chi connectivity index (χ4n) is 2.07. The number of nitrogens with one attached hydrogen (secondary N) is 1. The number of likely N-dealkylation sites (N-methyl/N-ethyl adjacent to an activating group) is 1. The Morgan fingerprint density at radius 2 is 2.15 bits per heavy atom. The highest BCUT2D eigenvalue weighted by molar-refractivity contribution is 7.09. The molecule has 1 atom stereocenters. The number of nitrogens with zero attached hydrogens (tertiary/aromatic N) is 1. The Bertz CT molecular complexity index is 561. The van der Waals surface area contributed by atoms with Gasteiger partial charge in [-0.2, -0.15) is 0 Å². The third-order valence-electron chi connectivity index (χ3n) is 3.10. The fraction of sp³-hybridized carbons (Fsp3) is 0.357. The van der Waals surface area contributed by atoms with Crippen LogP contribution in [0.25, 0.3) is 0 Å². The number of ether oxygens (including phenoxy) is 2. The molecular weight excluding hydrogens is 296 g/mol. The van der Waals surface area contributed by atoms with Crippen molar-refractivity contribution in [1.82, 2.24) is 10.3 Å². The molecule has 0 amide bonds. The van der Waals surface area contributed by atoms with E-state index in [9.17, 15) is 0 Å². The number of hydrogen-bond donors (Lipinski definition) is 1. The topological polar surface area (TPSA) is 43.4 Å². The summed E-state index contributed by atoms with van der Waals surface area (Å²) >= 11 is 7.90. The lowest BCUT2D eigenvalue weighted by Crippen LogP contribution is -2.18. The summed E-state index contributed by atoms with van der Waals surface area (Å²) in [6.07, 6.45) is 2.74. The Hall–Kier alpha value is -1.30. The van der Waals surface area contributed by atoms with Crippen LogP contribution >= 0.6 is 22.9 Å². The molecule has 20 heavy (non-hydrogen) atoms. The predicted octanol–water partition coefficient (Wildman–Crippen LogP) is 3.32. The normalized spacial score (nSPS) is 12.2. The van der Waals surface area contributed by atoms with E-state index in [1.54, 1.807) is 25.6 Å². The van der Waals surface area contributed by atoms with Gasteiger partial charge in [-0.25, -0.2) is 0 Å². The summed E-state index contributed by atoms with van der Waals surface area (Å²) in [5.74, 6) is 1.20. The molecule has 4 nitrogen and oxygen atoms in total. The molecule has 0 radical (unpaired) electrons. The first-order valence-corrected chi connectivity index (χ1v) is 7.41. The van der Waals surface area contributed by atoms with Crippen molar-refractivity contribution in [2.24, 2.45) is 0 Å². The Labute approximate surface area is 127 Å². The molecule has 1 unspecified atom stereocenters. The Kier molecular flexibility index (Phi) is 5.23. The van der Waals surface area contributed by atoms with E-state index in [0.29, 0.717) is 16.5 Å². The second-order valence-corrected chi connectivity index (χ2v) is 5.63. The molecule has 2 aromatic rings. The second-order valence-electron chi connectivity index (χ2n) is 4.25. The van der Waals surface area contributed by atoms with Gasteiger partial charge in [-0.05, 0) is 24.7 Å². The van der Waals surface area contributed by atoms with Crippen molar-refractivity contribution in [2.75, 3.05) is 21.3 Å². The van der Waals surface area contributed by atoms with Crippen molar-refractivity contribution < 1.29 is 9.47 Å². The monoisotopic (exact) mass is 312 g/mol. The highest BCUT2D eigenvalue weighted by atomic mass is 35.5. The minimum Gasteiger partial charge on any atom is -0.493 e. The van der Waals surface area contributed by atoms with Gasteiger partial charge in [0.1, 0.15) is 0 Å². The zero-order valence-electron chi connectivity index (χ0n) is 11.6. The predicted molar refractivity (Wildman–Crippen MR) is 82.2 cm³/mol. The van der Waals surface area contributed by atoms with E-state index in [-0.39, 0.29) is 6.04 Å². The Morgan fingerprint density at radius 3 is 2.70 bits per heavy atom. The van der Waals surface area contributed by atoms with Gasteiger partial charge in [0.2, 0.25) is 0 Å². The molecule has 6 heteroatoms. The van der Waals surface area contributed by atoms with Crippen LogP contribution in [0.1, 0.15) is 16.5 Å². The van der Waals surface area contributed by atoms with Crippen LogP contribution in [0, 0.1) is 0 Å². The van der Waals surface area contributed by atoms with Crippen molar-refractivity contribution in [3.05, 3.63) is 39.3 Å². The van der Waals surface area contributed by atoms with Crippen molar-refractivity contribution in [2.45, 2.75) is 12.5 Å². The van der Waals surface area contributed by atoms with E-state index in [4.69, 9.17) is 21.1 Å². The first-order chi connectivity index (χ1) is 9.69. The number of aromatic nitrogens is 1. The van der Waals surface area contributed by atoms with Gasteiger partial charge in [-0.1, -0.05) is 11.6 Å². The molecule has 1 heterocycles. The summed E-state index contributed by atoms with van der Waals surface area (Å²) in [7, 11) is 5.11. The summed E-state index contributed by atoms with van der Waals surface area (Å²) in [4.78, 5) is 5.32. The number of thiazole rings is 1. The number of methoxy groups -OCH3 is 2. The summed E-state index contributed by atoms with van der Waals surface area (Å²) in [6, 6.07) is 4.01. The number of halogens is 1. The van der Waals surface area contributed by atoms with E-state index in [1.807, 2.05) is 30.9 Å². The van der Waals surface area contributed by atoms with E-state index >= 15 is 0 Å². The smallest absolute Gasteiger partial charge is 0.179 e. The maximum Gasteiger partial charge on any atom is 0.179 e. The molecule has 0 saturated heterocycles. The van der Waals surface area contributed by atoms with Crippen LogP contribution in [-0.4, -0.2) is 26.3 Å². The molecule has 1 N–H and O–H groups in total. The Balaban J connectivity index is 2.32. The van der Waals surface area contributed by atoms with Gasteiger partial charge in [0, 0.05) is 23.5 Å². The summed E-state index contributed by atoms with van der Waals surface area (Å²) in [6.45, 7) is 0. The van der Waals surface area contributed by atoms with Crippen LogP contribution < -0.4 is 14.8 Å². The van der Waals surface area contributed by atoms with Gasteiger partial charge in [-0.15, -0.1) is 11.3 Å². The first-order valence-electron chi connectivity index (χ1n) is 6.15. The SMILES string of the molecule is CNC(Cc1cncs1)c1cc(Cl)c(OC)c(OC)c1. The molecule has 0 aliphatic carbocycles. The highest BCUT2D eigenvalue weighted by Crippen LogP contribution is 2.38. The zero-order valence-corrected chi connectivity index (χ0v) is 13.2. The van der Waals surface area contributed by atoms with Gasteiger partial charge < -0.3 is 14.8 Å². The third-order valence-corrected chi connectivity index (χ3v) is 4.18. The summed E-state index contributed by atoms with van der Waals surface area (Å²) in [5, 5.41) is 3.84. The molecule has 0 aliphatic rings. The van der Waals surface area contributed by atoms with Gasteiger partial charge >= 0.3 is 0 Å². The lowest BCUT2D eigenvalue weighted by atomic mass is 10.0. The first kappa shape index (κ1) is 15.1. The van der Waals surface area contributed by atoms with E-state index in [1.165, 1.54) is 4.88 Å².